The minimum Gasteiger partial charge on any atom is -0.468 e. The Kier molecular flexibility index (Phi) is 3.95. The smallest absolute Gasteiger partial charge is 0.325 e. The largest absolute Gasteiger partial charge is 0.468 e. The molecule has 0 radical (unpaired) electrons. The van der Waals surface area contributed by atoms with Crippen LogP contribution >= 0.6 is 15.9 Å². The molecule has 0 aliphatic heterocycles. The zero-order chi connectivity index (χ0) is 10.6. The van der Waals surface area contributed by atoms with Crippen molar-refractivity contribution >= 4 is 27.6 Å². The maximum Gasteiger partial charge on any atom is 0.325 e. The molecule has 0 aliphatic carbocycles. The van der Waals surface area contributed by atoms with Gasteiger partial charge in [0.2, 0.25) is 0 Å². The monoisotopic (exact) mass is 257 g/mol. The van der Waals surface area contributed by atoms with Crippen LogP contribution in [0.5, 0.6) is 0 Å². The van der Waals surface area contributed by atoms with Gasteiger partial charge in [-0.15, -0.1) is 0 Å². The first-order valence-electron chi connectivity index (χ1n) is 4.21. The fourth-order valence-corrected chi connectivity index (χ4v) is 1.40. The summed E-state index contributed by atoms with van der Waals surface area (Å²) in [6.07, 6.45) is 0. The number of ether oxygens (including phenoxy) is 1. The summed E-state index contributed by atoms with van der Waals surface area (Å²) < 4.78 is 5.55. The van der Waals surface area contributed by atoms with Crippen LogP contribution in [0.2, 0.25) is 0 Å². The molecular weight excluding hydrogens is 246 g/mol. The Morgan fingerprint density at radius 2 is 2.29 bits per heavy atom. The van der Waals surface area contributed by atoms with Gasteiger partial charge in [0.1, 0.15) is 6.54 Å². The molecule has 76 valence electrons. The summed E-state index contributed by atoms with van der Waals surface area (Å²) in [5.74, 6) is -0.274. The van der Waals surface area contributed by atoms with E-state index in [1.54, 1.807) is 0 Å². The summed E-state index contributed by atoms with van der Waals surface area (Å²) in [6.45, 7) is 2.16. The van der Waals surface area contributed by atoms with E-state index in [4.69, 9.17) is 0 Å². The van der Waals surface area contributed by atoms with Crippen LogP contribution in [-0.2, 0) is 9.53 Å². The normalized spacial score (nSPS) is 9.64. The van der Waals surface area contributed by atoms with Gasteiger partial charge >= 0.3 is 5.97 Å². The highest BCUT2D eigenvalue weighted by atomic mass is 79.9. The molecule has 0 saturated carbocycles. The van der Waals surface area contributed by atoms with Crippen LogP contribution in [0.3, 0.4) is 0 Å². The van der Waals surface area contributed by atoms with Crippen molar-refractivity contribution in [2.75, 3.05) is 19.0 Å². The molecule has 1 aromatic carbocycles. The molecule has 0 aliphatic rings. The van der Waals surface area contributed by atoms with Crippen molar-refractivity contribution in [2.24, 2.45) is 0 Å². The molecule has 0 fully saturated rings. The van der Waals surface area contributed by atoms with Crippen LogP contribution in [0.4, 0.5) is 5.69 Å². The summed E-state index contributed by atoms with van der Waals surface area (Å²) in [5.41, 5.74) is 2.01. The Labute approximate surface area is 91.6 Å². The molecule has 14 heavy (non-hydrogen) atoms. The lowest BCUT2D eigenvalue weighted by atomic mass is 10.2. The quantitative estimate of drug-likeness (QED) is 0.845. The van der Waals surface area contributed by atoms with E-state index in [2.05, 4.69) is 26.0 Å². The van der Waals surface area contributed by atoms with E-state index in [1.165, 1.54) is 7.11 Å². The van der Waals surface area contributed by atoms with Crippen LogP contribution in [0.25, 0.3) is 0 Å². The number of nitrogens with one attached hydrogen (secondary N) is 1. The lowest BCUT2D eigenvalue weighted by Gasteiger charge is -2.09. The number of benzene rings is 1. The molecule has 0 bridgehead atoms. The highest BCUT2D eigenvalue weighted by Crippen LogP contribution is 2.23. The Morgan fingerprint density at radius 3 is 2.93 bits per heavy atom. The molecule has 4 heteroatoms. The summed E-state index contributed by atoms with van der Waals surface area (Å²) in [7, 11) is 1.37. The maximum absolute atomic E-state index is 10.9. The van der Waals surface area contributed by atoms with Crippen molar-refractivity contribution in [1.29, 1.82) is 0 Å². The number of rotatable bonds is 3. The fourth-order valence-electron chi connectivity index (χ4n) is 1.04. The molecule has 0 spiro atoms. The number of halogens is 1. The van der Waals surface area contributed by atoms with E-state index in [0.29, 0.717) is 0 Å². The van der Waals surface area contributed by atoms with E-state index >= 15 is 0 Å². The van der Waals surface area contributed by atoms with Crippen LogP contribution < -0.4 is 5.32 Å². The minimum absolute atomic E-state index is 0.188. The predicted octanol–water partition coefficient (Wildman–Crippen LogP) is 2.34. The first kappa shape index (κ1) is 11.0. The number of hydrogen-bond donors (Lipinski definition) is 1. The van der Waals surface area contributed by atoms with Crippen molar-refractivity contribution in [2.45, 2.75) is 6.92 Å². The second-order valence-corrected chi connectivity index (χ2v) is 3.70. The maximum atomic E-state index is 10.9. The van der Waals surface area contributed by atoms with E-state index in [0.717, 1.165) is 15.7 Å². The van der Waals surface area contributed by atoms with E-state index < -0.39 is 0 Å². The molecule has 0 amide bonds. The third-order valence-corrected chi connectivity index (χ3v) is 2.78. The molecule has 1 N–H and O–H groups in total. The average molecular weight is 258 g/mol. The molecule has 0 unspecified atom stereocenters. The molecule has 0 heterocycles. The number of methoxy groups -OCH3 is 1. The van der Waals surface area contributed by atoms with Gasteiger partial charge in [0, 0.05) is 10.2 Å². The van der Waals surface area contributed by atoms with E-state index in [9.17, 15) is 4.79 Å². The van der Waals surface area contributed by atoms with Crippen LogP contribution in [0, 0.1) is 6.92 Å². The number of esters is 1. The third-order valence-electron chi connectivity index (χ3n) is 1.92. The Bertz CT molecular complexity index is 339. The zero-order valence-corrected chi connectivity index (χ0v) is 9.72. The lowest BCUT2D eigenvalue weighted by Crippen LogP contribution is -2.15. The summed E-state index contributed by atoms with van der Waals surface area (Å²) >= 11 is 3.41. The molecular formula is C10H12BrNO2. The highest BCUT2D eigenvalue weighted by molar-refractivity contribution is 9.10. The standard InChI is InChI=1S/C10H12BrNO2/c1-7-8(11)4-3-5-9(7)12-6-10(13)14-2/h3-5,12H,6H2,1-2H3. The first-order chi connectivity index (χ1) is 6.65. The number of carbonyl (C=O) groups is 1. The van der Waals surface area contributed by atoms with Gasteiger partial charge in [0.25, 0.3) is 0 Å². The summed E-state index contributed by atoms with van der Waals surface area (Å²) in [4.78, 5) is 10.9. The van der Waals surface area contributed by atoms with Gasteiger partial charge in [-0.1, -0.05) is 22.0 Å². The second-order valence-electron chi connectivity index (χ2n) is 2.84. The zero-order valence-electron chi connectivity index (χ0n) is 8.13. The van der Waals surface area contributed by atoms with Gasteiger partial charge in [-0.2, -0.15) is 0 Å². The summed E-state index contributed by atoms with van der Waals surface area (Å²) in [6, 6.07) is 5.79. The molecule has 1 aromatic rings. The highest BCUT2D eigenvalue weighted by Gasteiger charge is 2.03. The molecule has 3 nitrogen and oxygen atoms in total. The second kappa shape index (κ2) is 5.00. The molecule has 0 saturated heterocycles. The van der Waals surface area contributed by atoms with Gasteiger partial charge in [-0.05, 0) is 24.6 Å². The van der Waals surface area contributed by atoms with Gasteiger partial charge in [0.15, 0.2) is 0 Å². The van der Waals surface area contributed by atoms with Gasteiger partial charge in [0.05, 0.1) is 7.11 Å². The van der Waals surface area contributed by atoms with Crippen molar-refractivity contribution in [1.82, 2.24) is 0 Å². The number of hydrogen-bond acceptors (Lipinski definition) is 3. The van der Waals surface area contributed by atoms with Crippen molar-refractivity contribution < 1.29 is 9.53 Å². The van der Waals surface area contributed by atoms with Crippen LogP contribution in [0.15, 0.2) is 22.7 Å². The third kappa shape index (κ3) is 2.73. The Morgan fingerprint density at radius 1 is 1.57 bits per heavy atom. The van der Waals surface area contributed by atoms with Gasteiger partial charge in [-0.3, -0.25) is 4.79 Å². The summed E-state index contributed by atoms with van der Waals surface area (Å²) in [5, 5.41) is 3.00. The van der Waals surface area contributed by atoms with Crippen LogP contribution in [0.1, 0.15) is 5.56 Å². The molecule has 1 rings (SSSR count). The molecule has 0 aromatic heterocycles. The van der Waals surface area contributed by atoms with Crippen molar-refractivity contribution in [3.8, 4) is 0 Å². The predicted molar refractivity (Wildman–Crippen MR) is 59.4 cm³/mol. The van der Waals surface area contributed by atoms with Crippen LogP contribution in [-0.4, -0.2) is 19.6 Å². The number of anilines is 1. The molecule has 0 atom stereocenters. The Balaban J connectivity index is 2.68. The topological polar surface area (TPSA) is 38.3 Å². The van der Waals surface area contributed by atoms with Gasteiger partial charge in [-0.25, -0.2) is 0 Å². The Hall–Kier alpha value is -1.03. The van der Waals surface area contributed by atoms with Crippen molar-refractivity contribution in [3.63, 3.8) is 0 Å². The van der Waals surface area contributed by atoms with E-state index in [-0.39, 0.29) is 12.5 Å². The van der Waals surface area contributed by atoms with Gasteiger partial charge < -0.3 is 10.1 Å². The SMILES string of the molecule is COC(=O)CNc1cccc(Br)c1C. The fraction of sp³-hybridized carbons (Fsp3) is 0.300. The number of carbonyl (C=O) groups excluding carboxylic acids is 1. The van der Waals surface area contributed by atoms with E-state index in [1.807, 2.05) is 25.1 Å². The lowest BCUT2D eigenvalue weighted by molar-refractivity contribution is -0.138. The average Bonchev–Trinajstić information content (AvgIpc) is 2.20. The first-order valence-corrected chi connectivity index (χ1v) is 5.00. The van der Waals surface area contributed by atoms with Crippen molar-refractivity contribution in [3.05, 3.63) is 28.2 Å². The minimum atomic E-state index is -0.274.